The number of tetrazole rings is 1. The first kappa shape index (κ1) is 12.8. The number of rotatable bonds is 4. The molecule has 110 valence electrons. The first-order valence-corrected chi connectivity index (χ1v) is 6.90. The maximum absolute atomic E-state index is 12.1. The minimum atomic E-state index is -0.225. The van der Waals surface area contributed by atoms with Gasteiger partial charge in [0.1, 0.15) is 17.8 Å². The van der Waals surface area contributed by atoms with Crippen molar-refractivity contribution in [2.24, 2.45) is 5.92 Å². The third-order valence-corrected chi connectivity index (χ3v) is 3.67. The van der Waals surface area contributed by atoms with Gasteiger partial charge in [-0.2, -0.15) is 0 Å². The molecule has 0 saturated heterocycles. The SMILES string of the molecule is O=C(Oc1ccc(-n2cnnn2)cc1)[C@@H]1C[C@@H]1c1ccco1. The summed E-state index contributed by atoms with van der Waals surface area (Å²) in [5, 5.41) is 10.9. The van der Waals surface area contributed by atoms with Gasteiger partial charge in [-0.05, 0) is 53.2 Å². The molecule has 1 aliphatic rings. The zero-order valence-corrected chi connectivity index (χ0v) is 11.5. The number of esters is 1. The van der Waals surface area contributed by atoms with Crippen LogP contribution in [0.1, 0.15) is 18.1 Å². The fraction of sp³-hybridized carbons (Fsp3) is 0.200. The molecule has 0 unspecified atom stereocenters. The molecule has 0 aliphatic heterocycles. The molecular weight excluding hydrogens is 284 g/mol. The molecule has 3 aromatic rings. The maximum atomic E-state index is 12.1. The Morgan fingerprint density at radius 2 is 2.14 bits per heavy atom. The number of hydrogen-bond acceptors (Lipinski definition) is 6. The molecule has 4 rings (SSSR count). The molecule has 1 fully saturated rings. The van der Waals surface area contributed by atoms with Crippen LogP contribution in [0.3, 0.4) is 0 Å². The number of nitrogens with zero attached hydrogens (tertiary/aromatic N) is 4. The molecule has 0 bridgehead atoms. The minimum absolute atomic E-state index is 0.120. The van der Waals surface area contributed by atoms with E-state index in [2.05, 4.69) is 15.5 Å². The second-order valence-electron chi connectivity index (χ2n) is 5.13. The Morgan fingerprint density at radius 1 is 1.27 bits per heavy atom. The highest BCUT2D eigenvalue weighted by atomic mass is 16.5. The van der Waals surface area contributed by atoms with Crippen LogP contribution in [-0.4, -0.2) is 26.2 Å². The van der Waals surface area contributed by atoms with Gasteiger partial charge in [-0.1, -0.05) is 0 Å². The number of carbonyl (C=O) groups is 1. The number of ether oxygens (including phenoxy) is 1. The van der Waals surface area contributed by atoms with Gasteiger partial charge in [0.2, 0.25) is 0 Å². The lowest BCUT2D eigenvalue weighted by Crippen LogP contribution is -2.11. The molecule has 0 spiro atoms. The Bertz CT molecular complexity index is 766. The number of benzene rings is 1. The predicted molar refractivity (Wildman–Crippen MR) is 74.3 cm³/mol. The molecule has 7 nitrogen and oxygen atoms in total. The van der Waals surface area contributed by atoms with Crippen molar-refractivity contribution in [1.29, 1.82) is 0 Å². The molecular formula is C15H12N4O3. The topological polar surface area (TPSA) is 83.0 Å². The second-order valence-corrected chi connectivity index (χ2v) is 5.13. The highest BCUT2D eigenvalue weighted by Gasteiger charge is 2.47. The molecule has 2 aromatic heterocycles. The van der Waals surface area contributed by atoms with Gasteiger partial charge in [-0.15, -0.1) is 5.10 Å². The van der Waals surface area contributed by atoms with Gasteiger partial charge in [-0.25, -0.2) is 4.68 Å². The number of furan rings is 1. The maximum Gasteiger partial charge on any atom is 0.315 e. The summed E-state index contributed by atoms with van der Waals surface area (Å²) in [4.78, 5) is 12.1. The summed E-state index contributed by atoms with van der Waals surface area (Å²) in [6, 6.07) is 10.7. The normalized spacial score (nSPS) is 19.8. The Morgan fingerprint density at radius 3 is 2.82 bits per heavy atom. The molecule has 2 atom stereocenters. The molecule has 0 radical (unpaired) electrons. The monoisotopic (exact) mass is 296 g/mol. The summed E-state index contributed by atoms with van der Waals surface area (Å²) in [7, 11) is 0. The predicted octanol–water partition coefficient (Wildman–Crippen LogP) is 1.96. The van der Waals surface area contributed by atoms with Crippen molar-refractivity contribution in [2.75, 3.05) is 0 Å². The minimum Gasteiger partial charge on any atom is -0.469 e. The highest BCUT2D eigenvalue weighted by molar-refractivity contribution is 5.79. The van der Waals surface area contributed by atoms with Crippen molar-refractivity contribution < 1.29 is 13.9 Å². The van der Waals surface area contributed by atoms with Crippen molar-refractivity contribution in [3.05, 3.63) is 54.7 Å². The van der Waals surface area contributed by atoms with Gasteiger partial charge in [0, 0.05) is 5.92 Å². The average Bonchev–Trinajstić information content (AvgIpc) is 2.97. The van der Waals surface area contributed by atoms with Crippen LogP contribution >= 0.6 is 0 Å². The van der Waals surface area contributed by atoms with Crippen molar-refractivity contribution in [1.82, 2.24) is 20.2 Å². The Labute approximate surface area is 125 Å². The lowest BCUT2D eigenvalue weighted by atomic mass is 10.2. The Kier molecular flexibility index (Phi) is 2.96. The smallest absolute Gasteiger partial charge is 0.315 e. The van der Waals surface area contributed by atoms with Crippen molar-refractivity contribution >= 4 is 5.97 Å². The number of hydrogen-bond donors (Lipinski definition) is 0. The van der Waals surface area contributed by atoms with Gasteiger partial charge < -0.3 is 9.15 Å². The van der Waals surface area contributed by atoms with Gasteiger partial charge in [-0.3, -0.25) is 4.79 Å². The van der Waals surface area contributed by atoms with Crippen molar-refractivity contribution in [2.45, 2.75) is 12.3 Å². The van der Waals surface area contributed by atoms with E-state index in [4.69, 9.17) is 9.15 Å². The molecule has 1 saturated carbocycles. The van der Waals surface area contributed by atoms with Gasteiger partial charge in [0.05, 0.1) is 17.9 Å². The van der Waals surface area contributed by atoms with E-state index >= 15 is 0 Å². The van der Waals surface area contributed by atoms with E-state index in [9.17, 15) is 4.79 Å². The zero-order chi connectivity index (χ0) is 14.9. The number of carbonyl (C=O) groups excluding carboxylic acids is 1. The average molecular weight is 296 g/mol. The lowest BCUT2D eigenvalue weighted by Gasteiger charge is -2.05. The summed E-state index contributed by atoms with van der Waals surface area (Å²) in [5.41, 5.74) is 0.796. The number of aromatic nitrogens is 4. The van der Waals surface area contributed by atoms with Gasteiger partial charge in [0.25, 0.3) is 0 Å². The summed E-state index contributed by atoms with van der Waals surface area (Å²) >= 11 is 0. The fourth-order valence-electron chi connectivity index (χ4n) is 2.41. The summed E-state index contributed by atoms with van der Waals surface area (Å²) in [6.07, 6.45) is 3.89. The van der Waals surface area contributed by atoms with E-state index in [1.54, 1.807) is 30.5 Å². The van der Waals surface area contributed by atoms with E-state index in [-0.39, 0.29) is 17.8 Å². The lowest BCUT2D eigenvalue weighted by molar-refractivity contribution is -0.135. The van der Waals surface area contributed by atoms with E-state index in [1.807, 2.05) is 12.1 Å². The molecule has 0 N–H and O–H groups in total. The largest absolute Gasteiger partial charge is 0.469 e. The van der Waals surface area contributed by atoms with Crippen LogP contribution in [0.2, 0.25) is 0 Å². The third kappa shape index (κ3) is 2.37. The Balaban J connectivity index is 1.40. The first-order chi connectivity index (χ1) is 10.8. The summed E-state index contributed by atoms with van der Waals surface area (Å²) in [6.45, 7) is 0. The molecule has 1 aliphatic carbocycles. The van der Waals surface area contributed by atoms with E-state index in [1.165, 1.54) is 11.0 Å². The van der Waals surface area contributed by atoms with Gasteiger partial charge >= 0.3 is 5.97 Å². The highest BCUT2D eigenvalue weighted by Crippen LogP contribution is 2.48. The van der Waals surface area contributed by atoms with E-state index < -0.39 is 0 Å². The Hall–Kier alpha value is -2.96. The van der Waals surface area contributed by atoms with E-state index in [0.29, 0.717) is 5.75 Å². The molecule has 7 heteroatoms. The van der Waals surface area contributed by atoms with Crippen LogP contribution in [0.15, 0.2) is 53.4 Å². The van der Waals surface area contributed by atoms with Crippen LogP contribution < -0.4 is 4.74 Å². The van der Waals surface area contributed by atoms with Crippen LogP contribution in [-0.2, 0) is 4.79 Å². The first-order valence-electron chi connectivity index (χ1n) is 6.90. The van der Waals surface area contributed by atoms with Crippen LogP contribution in [0.4, 0.5) is 0 Å². The van der Waals surface area contributed by atoms with E-state index in [0.717, 1.165) is 17.9 Å². The summed E-state index contributed by atoms with van der Waals surface area (Å²) < 4.78 is 12.2. The van der Waals surface area contributed by atoms with Gasteiger partial charge in [0.15, 0.2) is 0 Å². The quantitative estimate of drug-likeness (QED) is 0.540. The third-order valence-electron chi connectivity index (χ3n) is 3.67. The molecule has 22 heavy (non-hydrogen) atoms. The summed E-state index contributed by atoms with van der Waals surface area (Å²) in [5.74, 6) is 1.15. The second kappa shape index (κ2) is 5.10. The van der Waals surface area contributed by atoms with Crippen LogP contribution in [0.25, 0.3) is 5.69 Å². The standard InChI is InChI=1S/C15H12N4O3/c20-15(13-8-12(13)14-2-1-7-21-14)22-11-5-3-10(4-6-11)19-9-16-17-18-19/h1-7,9,12-13H,8H2/t12-,13+/m0/s1. The fourth-order valence-corrected chi connectivity index (χ4v) is 2.41. The van der Waals surface area contributed by atoms with Crippen molar-refractivity contribution in [3.63, 3.8) is 0 Å². The molecule has 0 amide bonds. The molecule has 1 aromatic carbocycles. The van der Waals surface area contributed by atoms with Crippen LogP contribution in [0, 0.1) is 5.92 Å². The molecule has 2 heterocycles. The zero-order valence-electron chi connectivity index (χ0n) is 11.5. The van der Waals surface area contributed by atoms with Crippen molar-refractivity contribution in [3.8, 4) is 11.4 Å². The van der Waals surface area contributed by atoms with Crippen LogP contribution in [0.5, 0.6) is 5.75 Å².